The summed E-state index contributed by atoms with van der Waals surface area (Å²) in [5.41, 5.74) is 2.71. The summed E-state index contributed by atoms with van der Waals surface area (Å²) in [6.07, 6.45) is 0. The highest BCUT2D eigenvalue weighted by Crippen LogP contribution is 2.33. The van der Waals surface area contributed by atoms with Crippen LogP contribution in [0.3, 0.4) is 0 Å². The zero-order valence-corrected chi connectivity index (χ0v) is 15.7. The number of hydrogen-bond donors (Lipinski definition) is 2. The third-order valence-electron chi connectivity index (χ3n) is 3.75. The van der Waals surface area contributed by atoms with Crippen molar-refractivity contribution >= 4 is 27.3 Å². The predicted molar refractivity (Wildman–Crippen MR) is 95.3 cm³/mol. The number of H-pyrrole nitrogens is 1. The van der Waals surface area contributed by atoms with Crippen molar-refractivity contribution in [2.24, 2.45) is 0 Å². The van der Waals surface area contributed by atoms with E-state index in [1.807, 2.05) is 6.92 Å². The lowest BCUT2D eigenvalue weighted by Crippen LogP contribution is -2.14. The third kappa shape index (κ3) is 3.27. The van der Waals surface area contributed by atoms with Crippen LogP contribution in [0.15, 0.2) is 27.6 Å². The van der Waals surface area contributed by atoms with Gasteiger partial charge in [0.2, 0.25) is 0 Å². The fourth-order valence-corrected chi connectivity index (χ4v) is 4.30. The summed E-state index contributed by atoms with van der Waals surface area (Å²) in [7, 11) is -3.89. The SMILES string of the molecule is Cc1noc(-c2c(C)[nH]c(C)c2S(=O)(=O)Nc2ccc(C)c(Cl)c2)n1. The topological polar surface area (TPSA) is 101 Å². The lowest BCUT2D eigenvalue weighted by atomic mass is 10.2. The van der Waals surface area contributed by atoms with Crippen LogP contribution in [0, 0.1) is 27.7 Å². The molecule has 0 radical (unpaired) electrons. The van der Waals surface area contributed by atoms with Crippen LogP contribution in [0.25, 0.3) is 11.5 Å². The Morgan fingerprint density at radius 3 is 2.48 bits per heavy atom. The van der Waals surface area contributed by atoms with Gasteiger partial charge in [-0.3, -0.25) is 4.72 Å². The van der Waals surface area contributed by atoms with Crippen LogP contribution >= 0.6 is 11.6 Å². The van der Waals surface area contributed by atoms with Gasteiger partial charge in [-0.2, -0.15) is 4.98 Å². The lowest BCUT2D eigenvalue weighted by Gasteiger charge is -2.10. The van der Waals surface area contributed by atoms with Crippen molar-refractivity contribution in [1.29, 1.82) is 0 Å². The highest BCUT2D eigenvalue weighted by molar-refractivity contribution is 7.93. The molecule has 0 unspecified atom stereocenters. The Labute approximate surface area is 150 Å². The summed E-state index contributed by atoms with van der Waals surface area (Å²) >= 11 is 6.08. The van der Waals surface area contributed by atoms with E-state index in [4.69, 9.17) is 16.1 Å². The molecule has 3 aromatic rings. The standard InChI is InChI=1S/C16H17ClN4O3S/c1-8-5-6-12(7-13(8)17)21-25(22,23)15-10(3)18-9(2)14(15)16-19-11(4)20-24-16/h5-7,18,21H,1-4H3. The fourth-order valence-electron chi connectivity index (χ4n) is 2.61. The van der Waals surface area contributed by atoms with E-state index in [2.05, 4.69) is 19.8 Å². The summed E-state index contributed by atoms with van der Waals surface area (Å²) in [5, 5.41) is 4.22. The Morgan fingerprint density at radius 2 is 1.88 bits per heavy atom. The van der Waals surface area contributed by atoms with Crippen LogP contribution in [0.4, 0.5) is 5.69 Å². The fraction of sp³-hybridized carbons (Fsp3) is 0.250. The Hall–Kier alpha value is -2.32. The molecule has 0 fully saturated rings. The number of aromatic amines is 1. The van der Waals surface area contributed by atoms with E-state index in [1.54, 1.807) is 39.0 Å². The average molecular weight is 381 g/mol. The molecule has 132 valence electrons. The average Bonchev–Trinajstić information content (AvgIpc) is 3.05. The molecule has 2 heterocycles. The number of anilines is 1. The number of nitrogens with zero attached hydrogens (tertiary/aromatic N) is 2. The maximum atomic E-state index is 13.0. The van der Waals surface area contributed by atoms with E-state index in [9.17, 15) is 8.42 Å². The van der Waals surface area contributed by atoms with E-state index < -0.39 is 10.0 Å². The second kappa shape index (κ2) is 6.20. The molecular weight excluding hydrogens is 364 g/mol. The molecule has 0 bridgehead atoms. The van der Waals surface area contributed by atoms with Crippen LogP contribution in [0.2, 0.25) is 5.02 Å². The van der Waals surface area contributed by atoms with Crippen molar-refractivity contribution in [3.8, 4) is 11.5 Å². The molecule has 25 heavy (non-hydrogen) atoms. The molecule has 1 aromatic carbocycles. The van der Waals surface area contributed by atoms with Gasteiger partial charge in [0, 0.05) is 16.4 Å². The number of aromatic nitrogens is 3. The molecule has 7 nitrogen and oxygen atoms in total. The molecule has 0 spiro atoms. The van der Waals surface area contributed by atoms with Gasteiger partial charge in [0.05, 0.1) is 11.3 Å². The van der Waals surface area contributed by atoms with Crippen LogP contribution in [-0.2, 0) is 10.0 Å². The zero-order valence-electron chi connectivity index (χ0n) is 14.1. The minimum absolute atomic E-state index is 0.0744. The Kier molecular flexibility index (Phi) is 4.34. The first-order chi connectivity index (χ1) is 11.7. The quantitative estimate of drug-likeness (QED) is 0.717. The van der Waals surface area contributed by atoms with Gasteiger partial charge in [0.1, 0.15) is 4.90 Å². The predicted octanol–water partition coefficient (Wildman–Crippen LogP) is 3.75. The Balaban J connectivity index is 2.10. The molecule has 2 N–H and O–H groups in total. The molecule has 0 saturated heterocycles. The van der Waals surface area contributed by atoms with E-state index in [1.165, 1.54) is 0 Å². The molecule has 2 aromatic heterocycles. The summed E-state index contributed by atoms with van der Waals surface area (Å²) in [5.74, 6) is 0.580. The molecule has 0 aliphatic heterocycles. The number of rotatable bonds is 4. The van der Waals surface area contributed by atoms with Gasteiger partial charge >= 0.3 is 0 Å². The van der Waals surface area contributed by atoms with Crippen molar-refractivity contribution < 1.29 is 12.9 Å². The molecule has 9 heteroatoms. The van der Waals surface area contributed by atoms with Crippen LogP contribution in [0.1, 0.15) is 22.8 Å². The van der Waals surface area contributed by atoms with Crippen LogP contribution < -0.4 is 4.72 Å². The van der Waals surface area contributed by atoms with Gasteiger partial charge in [0.25, 0.3) is 15.9 Å². The molecule has 0 aliphatic rings. The minimum atomic E-state index is -3.89. The van der Waals surface area contributed by atoms with Gasteiger partial charge in [-0.05, 0) is 45.4 Å². The third-order valence-corrected chi connectivity index (χ3v) is 5.71. The number of hydrogen-bond acceptors (Lipinski definition) is 5. The van der Waals surface area contributed by atoms with Gasteiger partial charge in [-0.15, -0.1) is 0 Å². The Morgan fingerprint density at radius 1 is 1.16 bits per heavy atom. The Bertz CT molecular complexity index is 1050. The van der Waals surface area contributed by atoms with Gasteiger partial charge in [0.15, 0.2) is 5.82 Å². The maximum Gasteiger partial charge on any atom is 0.264 e. The largest absolute Gasteiger partial charge is 0.361 e. The summed E-state index contributed by atoms with van der Waals surface area (Å²) < 4.78 is 33.7. The molecule has 0 amide bonds. The second-order valence-corrected chi connectivity index (χ2v) is 7.82. The van der Waals surface area contributed by atoms with Gasteiger partial charge in [-0.25, -0.2) is 8.42 Å². The van der Waals surface area contributed by atoms with E-state index in [0.29, 0.717) is 33.5 Å². The van der Waals surface area contributed by atoms with E-state index >= 15 is 0 Å². The number of aryl methyl sites for hydroxylation is 4. The second-order valence-electron chi connectivity index (χ2n) is 5.80. The van der Waals surface area contributed by atoms with E-state index in [-0.39, 0.29) is 10.8 Å². The summed E-state index contributed by atoms with van der Waals surface area (Å²) in [6, 6.07) is 4.97. The number of nitrogens with one attached hydrogen (secondary N) is 2. The first-order valence-corrected chi connectivity index (χ1v) is 9.34. The summed E-state index contributed by atoms with van der Waals surface area (Å²) in [6.45, 7) is 6.94. The number of benzene rings is 1. The molecule has 0 saturated carbocycles. The first kappa shape index (κ1) is 17.5. The van der Waals surface area contributed by atoms with Crippen LogP contribution in [-0.4, -0.2) is 23.5 Å². The maximum absolute atomic E-state index is 13.0. The number of halogens is 1. The van der Waals surface area contributed by atoms with Crippen molar-refractivity contribution in [2.45, 2.75) is 32.6 Å². The molecular formula is C16H17ClN4O3S. The highest BCUT2D eigenvalue weighted by Gasteiger charge is 2.29. The summed E-state index contributed by atoms with van der Waals surface area (Å²) in [4.78, 5) is 7.25. The highest BCUT2D eigenvalue weighted by atomic mass is 35.5. The first-order valence-electron chi connectivity index (χ1n) is 7.48. The van der Waals surface area contributed by atoms with Gasteiger partial charge < -0.3 is 9.51 Å². The minimum Gasteiger partial charge on any atom is -0.361 e. The monoisotopic (exact) mass is 380 g/mol. The number of sulfonamides is 1. The normalized spacial score (nSPS) is 11.7. The van der Waals surface area contributed by atoms with Crippen LogP contribution in [0.5, 0.6) is 0 Å². The molecule has 3 rings (SSSR count). The molecule has 0 atom stereocenters. The van der Waals surface area contributed by atoms with Crippen molar-refractivity contribution in [3.05, 3.63) is 46.0 Å². The van der Waals surface area contributed by atoms with Crippen molar-refractivity contribution in [2.75, 3.05) is 4.72 Å². The molecule has 0 aliphatic carbocycles. The van der Waals surface area contributed by atoms with E-state index in [0.717, 1.165) is 5.56 Å². The zero-order chi connectivity index (χ0) is 18.4. The van der Waals surface area contributed by atoms with Gasteiger partial charge in [-0.1, -0.05) is 22.8 Å². The van der Waals surface area contributed by atoms with Crippen molar-refractivity contribution in [1.82, 2.24) is 15.1 Å². The lowest BCUT2D eigenvalue weighted by molar-refractivity contribution is 0.424. The smallest absolute Gasteiger partial charge is 0.264 e. The van der Waals surface area contributed by atoms with Crippen molar-refractivity contribution in [3.63, 3.8) is 0 Å².